The Morgan fingerprint density at radius 2 is 1.68 bits per heavy atom. The molecular formula is C30H51NO9S. The van der Waals surface area contributed by atoms with Crippen LogP contribution in [-0.2, 0) is 19.4 Å². The molecule has 0 heterocycles. The molecule has 0 bridgehead atoms. The minimum absolute atomic E-state index is 0.0320. The van der Waals surface area contributed by atoms with Gasteiger partial charge < -0.3 is 25.7 Å². The molecule has 4 fully saturated rings. The number of carbonyl (C=O) groups excluding carboxylic acids is 1. The molecular weight excluding hydrogens is 550 g/mol. The van der Waals surface area contributed by atoms with E-state index in [1.165, 1.54) is 0 Å². The third-order valence-corrected chi connectivity index (χ3v) is 12.4. The smallest absolute Gasteiger partial charge is 0.393 e. The molecule has 6 N–H and O–H groups in total. The van der Waals surface area contributed by atoms with Gasteiger partial charge in [-0.2, -0.15) is 8.42 Å². The van der Waals surface area contributed by atoms with Crippen molar-refractivity contribution in [1.82, 2.24) is 5.32 Å². The van der Waals surface area contributed by atoms with Gasteiger partial charge in [0.05, 0.1) is 30.5 Å². The fourth-order valence-corrected chi connectivity index (χ4v) is 10.0. The number of hydrogen-bond donors (Lipinski definition) is 6. The lowest BCUT2D eigenvalue weighted by Crippen LogP contribution is -2.68. The van der Waals surface area contributed by atoms with Gasteiger partial charge >= 0.3 is 10.4 Å². The molecule has 0 radical (unpaired) electrons. The van der Waals surface area contributed by atoms with Crippen molar-refractivity contribution in [2.24, 2.45) is 52.3 Å². The van der Waals surface area contributed by atoms with E-state index in [0.717, 1.165) is 19.3 Å². The zero-order valence-electron chi connectivity index (χ0n) is 25.1. The summed E-state index contributed by atoms with van der Waals surface area (Å²) in [4.78, 5) is 12.5. The van der Waals surface area contributed by atoms with E-state index in [1.807, 2.05) is 13.0 Å². The van der Waals surface area contributed by atoms with E-state index in [-0.39, 0.29) is 77.7 Å². The van der Waals surface area contributed by atoms with Crippen LogP contribution in [0.15, 0.2) is 12.2 Å². The lowest BCUT2D eigenvalue weighted by Gasteiger charge is -2.66. The van der Waals surface area contributed by atoms with Crippen LogP contribution in [-0.4, -0.2) is 76.4 Å². The molecule has 236 valence electrons. The van der Waals surface area contributed by atoms with Gasteiger partial charge in [0.1, 0.15) is 0 Å². The molecule has 10 nitrogen and oxygen atoms in total. The fraction of sp³-hybridized carbons (Fsp3) is 0.900. The highest BCUT2D eigenvalue weighted by atomic mass is 32.3. The van der Waals surface area contributed by atoms with Crippen molar-refractivity contribution in [3.8, 4) is 0 Å². The van der Waals surface area contributed by atoms with Crippen LogP contribution < -0.4 is 5.32 Å². The minimum atomic E-state index is -4.54. The molecule has 4 aliphatic carbocycles. The Balaban J connectivity index is 1.44. The molecule has 0 aromatic rings. The largest absolute Gasteiger partial charge is 0.397 e. The molecule has 41 heavy (non-hydrogen) atoms. The predicted octanol–water partition coefficient (Wildman–Crippen LogP) is 2.46. The van der Waals surface area contributed by atoms with Gasteiger partial charge in [-0.25, -0.2) is 4.18 Å². The number of fused-ring (bicyclic) bond motifs is 5. The molecule has 4 rings (SSSR count). The van der Waals surface area contributed by atoms with E-state index in [4.69, 9.17) is 4.55 Å². The van der Waals surface area contributed by atoms with Crippen LogP contribution in [0, 0.1) is 52.3 Å². The van der Waals surface area contributed by atoms with Crippen LogP contribution in [0.5, 0.6) is 0 Å². The van der Waals surface area contributed by atoms with Crippen molar-refractivity contribution in [1.29, 1.82) is 0 Å². The molecule has 13 atom stereocenters. The summed E-state index contributed by atoms with van der Waals surface area (Å²) in [5.41, 5.74) is -1.76. The van der Waals surface area contributed by atoms with Gasteiger partial charge in [-0.1, -0.05) is 46.8 Å². The number of rotatable bonds is 9. The number of carbonyl (C=O) groups is 1. The van der Waals surface area contributed by atoms with Gasteiger partial charge in [-0.05, 0) is 78.9 Å². The summed E-state index contributed by atoms with van der Waals surface area (Å²) >= 11 is 0. The summed E-state index contributed by atoms with van der Waals surface area (Å²) < 4.78 is 34.2. The van der Waals surface area contributed by atoms with Crippen LogP contribution >= 0.6 is 0 Å². The van der Waals surface area contributed by atoms with Crippen molar-refractivity contribution >= 4 is 16.3 Å². The molecule has 0 saturated heterocycles. The lowest BCUT2D eigenvalue weighted by atomic mass is 9.42. The summed E-state index contributed by atoms with van der Waals surface area (Å²) in [6.45, 7) is 9.82. The molecule has 4 aliphatic rings. The molecule has 4 saturated carbocycles. The van der Waals surface area contributed by atoms with Crippen molar-refractivity contribution < 1.29 is 42.4 Å². The van der Waals surface area contributed by atoms with Gasteiger partial charge in [0.15, 0.2) is 0 Å². The van der Waals surface area contributed by atoms with Crippen molar-refractivity contribution in [2.45, 2.75) is 103 Å². The van der Waals surface area contributed by atoms with Crippen LogP contribution in [0.3, 0.4) is 0 Å². The zero-order chi connectivity index (χ0) is 30.5. The third-order valence-electron chi connectivity index (χ3n) is 11.9. The standard InChI is InChI=1S/C30H51NO9S/c1-17(19(3)27(35)31-12-13-40-41(37,38)39)6-7-18(2)21-15-23(33)26-29(21,5)11-9-25-28(4)10-8-20(32)14-22(28)24(34)16-30(25,26)36/h6-7,17-26,32-34,36H,8-16H2,1-5H3,(H,31,35)(H,37,38,39). The van der Waals surface area contributed by atoms with E-state index in [0.29, 0.717) is 19.3 Å². The van der Waals surface area contributed by atoms with Crippen LogP contribution in [0.1, 0.15) is 79.6 Å². The Hall–Kier alpha value is -1.08. The van der Waals surface area contributed by atoms with Gasteiger partial charge in [0.25, 0.3) is 0 Å². The molecule has 0 spiro atoms. The van der Waals surface area contributed by atoms with Gasteiger partial charge in [-0.15, -0.1) is 0 Å². The average Bonchev–Trinajstić information content (AvgIpc) is 3.16. The second-order valence-electron chi connectivity index (χ2n) is 14.2. The molecule has 0 aromatic heterocycles. The normalized spacial score (nSPS) is 44.9. The Morgan fingerprint density at radius 3 is 2.34 bits per heavy atom. The maximum Gasteiger partial charge on any atom is 0.397 e. The van der Waals surface area contributed by atoms with E-state index < -0.39 is 34.3 Å². The maximum absolute atomic E-state index is 12.5. The maximum atomic E-state index is 12.5. The molecule has 0 aliphatic heterocycles. The molecule has 0 aromatic carbocycles. The number of aliphatic hydroxyl groups is 4. The number of nitrogens with one attached hydrogen (secondary N) is 1. The van der Waals surface area contributed by atoms with E-state index >= 15 is 0 Å². The highest BCUT2D eigenvalue weighted by molar-refractivity contribution is 7.80. The highest BCUT2D eigenvalue weighted by Gasteiger charge is 2.70. The first-order valence-corrected chi connectivity index (χ1v) is 16.6. The number of hydrogen-bond acceptors (Lipinski definition) is 8. The quantitative estimate of drug-likeness (QED) is 0.132. The van der Waals surface area contributed by atoms with Crippen molar-refractivity contribution in [2.75, 3.05) is 13.2 Å². The minimum Gasteiger partial charge on any atom is -0.393 e. The fourth-order valence-electron chi connectivity index (χ4n) is 9.71. The van der Waals surface area contributed by atoms with Crippen LogP contribution in [0.4, 0.5) is 0 Å². The van der Waals surface area contributed by atoms with E-state index in [2.05, 4.69) is 36.3 Å². The topological polar surface area (TPSA) is 174 Å². The summed E-state index contributed by atoms with van der Waals surface area (Å²) in [6, 6.07) is 0. The average molecular weight is 602 g/mol. The first-order chi connectivity index (χ1) is 18.9. The molecule has 1 amide bonds. The SMILES string of the molecule is CC(C=CC(C)C1CC(O)C2C1(C)CCC1C3(C)CCC(O)CC3C(O)CC12O)C(C)C(=O)NCCOS(=O)(=O)O. The lowest BCUT2D eigenvalue weighted by molar-refractivity contribution is -0.263. The van der Waals surface area contributed by atoms with Gasteiger partial charge in [0.2, 0.25) is 5.91 Å². The predicted molar refractivity (Wildman–Crippen MR) is 153 cm³/mol. The summed E-state index contributed by atoms with van der Waals surface area (Å²) in [7, 11) is -4.54. The number of amides is 1. The second kappa shape index (κ2) is 11.8. The highest BCUT2D eigenvalue weighted by Crippen LogP contribution is 2.69. The van der Waals surface area contributed by atoms with E-state index in [9.17, 15) is 33.6 Å². The molecule has 11 heteroatoms. The Morgan fingerprint density at radius 1 is 1.02 bits per heavy atom. The first kappa shape index (κ1) is 32.8. The Bertz CT molecular complexity index is 1100. The summed E-state index contributed by atoms with van der Waals surface area (Å²) in [5, 5.41) is 48.1. The number of aliphatic hydroxyl groups excluding tert-OH is 3. The van der Waals surface area contributed by atoms with Crippen molar-refractivity contribution in [3.63, 3.8) is 0 Å². The third kappa shape index (κ3) is 6.14. The van der Waals surface area contributed by atoms with Crippen LogP contribution in [0.25, 0.3) is 0 Å². The summed E-state index contributed by atoms with van der Waals surface area (Å²) in [5.74, 6) is -0.971. The van der Waals surface area contributed by atoms with Gasteiger partial charge in [-0.3, -0.25) is 9.35 Å². The van der Waals surface area contributed by atoms with Gasteiger partial charge in [0, 0.05) is 24.8 Å². The second-order valence-corrected chi connectivity index (χ2v) is 15.3. The molecule has 13 unspecified atom stereocenters. The van der Waals surface area contributed by atoms with E-state index in [1.54, 1.807) is 6.92 Å². The van der Waals surface area contributed by atoms with Crippen LogP contribution in [0.2, 0.25) is 0 Å². The monoisotopic (exact) mass is 601 g/mol. The Labute approximate surface area is 244 Å². The zero-order valence-corrected chi connectivity index (χ0v) is 25.9. The first-order valence-electron chi connectivity index (χ1n) is 15.3. The Kier molecular flexibility index (Phi) is 9.43. The van der Waals surface area contributed by atoms with Crippen molar-refractivity contribution in [3.05, 3.63) is 12.2 Å². The number of allylic oxidation sites excluding steroid dienone is 2. The summed E-state index contributed by atoms with van der Waals surface area (Å²) in [6.07, 6.45) is 6.82.